The smallest absolute Gasteiger partial charge is 0.137 e. The van der Waals surface area contributed by atoms with Gasteiger partial charge in [-0.05, 0) is 39.0 Å². The molecule has 106 valence electrons. The zero-order chi connectivity index (χ0) is 14.0. The predicted octanol–water partition coefficient (Wildman–Crippen LogP) is 3.58. The Labute approximate surface area is 123 Å². The Morgan fingerprint density at radius 2 is 1.89 bits per heavy atom. The van der Waals surface area contributed by atoms with Gasteiger partial charge in [-0.2, -0.15) is 0 Å². The second-order valence-corrected chi connectivity index (χ2v) is 7.08. The van der Waals surface area contributed by atoms with Gasteiger partial charge in [0.15, 0.2) is 0 Å². The third-order valence-electron chi connectivity index (χ3n) is 3.60. The minimum atomic E-state index is -0.179. The molecule has 0 saturated carbocycles. The molecule has 19 heavy (non-hydrogen) atoms. The molecule has 1 aliphatic heterocycles. The maximum Gasteiger partial charge on any atom is 0.137 e. The van der Waals surface area contributed by atoms with Gasteiger partial charge in [0.1, 0.15) is 5.82 Å². The molecule has 0 amide bonds. The van der Waals surface area contributed by atoms with E-state index in [0.29, 0.717) is 4.47 Å². The van der Waals surface area contributed by atoms with Gasteiger partial charge in [0, 0.05) is 32.2 Å². The number of rotatable bonds is 2. The van der Waals surface area contributed by atoms with Crippen molar-refractivity contribution in [3.8, 4) is 0 Å². The summed E-state index contributed by atoms with van der Waals surface area (Å²) in [5, 5.41) is 3.37. The van der Waals surface area contributed by atoms with Crippen LogP contribution in [0.1, 0.15) is 32.4 Å². The maximum absolute atomic E-state index is 13.8. The van der Waals surface area contributed by atoms with Crippen molar-refractivity contribution < 1.29 is 4.39 Å². The molecule has 0 spiro atoms. The fourth-order valence-electron chi connectivity index (χ4n) is 2.88. The average Bonchev–Trinajstić information content (AvgIpc) is 2.34. The minimum absolute atomic E-state index is 0.0810. The van der Waals surface area contributed by atoms with Crippen molar-refractivity contribution in [2.24, 2.45) is 5.41 Å². The largest absolute Gasteiger partial charge is 0.314 e. The van der Waals surface area contributed by atoms with Gasteiger partial charge < -0.3 is 5.32 Å². The quantitative estimate of drug-likeness (QED) is 0.892. The first-order valence-electron chi connectivity index (χ1n) is 6.79. The highest BCUT2D eigenvalue weighted by Crippen LogP contribution is 2.38. The Morgan fingerprint density at radius 1 is 1.26 bits per heavy atom. The zero-order valence-electron chi connectivity index (χ0n) is 11.8. The van der Waals surface area contributed by atoms with Gasteiger partial charge in [0.05, 0.1) is 4.47 Å². The van der Waals surface area contributed by atoms with E-state index >= 15 is 0 Å². The van der Waals surface area contributed by atoms with Crippen LogP contribution >= 0.6 is 15.9 Å². The van der Waals surface area contributed by atoms with E-state index in [1.54, 1.807) is 6.07 Å². The molecule has 2 nitrogen and oxygen atoms in total. The molecule has 1 aliphatic rings. The molecule has 0 radical (unpaired) electrons. The van der Waals surface area contributed by atoms with E-state index in [0.717, 1.165) is 31.7 Å². The molecule has 1 aromatic rings. The second kappa shape index (κ2) is 5.90. The Kier molecular flexibility index (Phi) is 4.64. The van der Waals surface area contributed by atoms with Crippen molar-refractivity contribution in [2.75, 3.05) is 26.2 Å². The molecule has 2 rings (SSSR count). The number of nitrogens with one attached hydrogen (secondary N) is 1. The molecule has 1 saturated heterocycles. The Hall–Kier alpha value is -0.450. The van der Waals surface area contributed by atoms with Gasteiger partial charge in [0.25, 0.3) is 0 Å². The van der Waals surface area contributed by atoms with Crippen LogP contribution in [0.4, 0.5) is 4.39 Å². The number of nitrogens with zero attached hydrogens (tertiary/aromatic N) is 1. The van der Waals surface area contributed by atoms with E-state index in [2.05, 4.69) is 46.9 Å². The number of hydrogen-bond acceptors (Lipinski definition) is 2. The van der Waals surface area contributed by atoms with Gasteiger partial charge in [0.2, 0.25) is 0 Å². The van der Waals surface area contributed by atoms with E-state index in [1.165, 1.54) is 0 Å². The van der Waals surface area contributed by atoms with Crippen molar-refractivity contribution in [3.05, 3.63) is 34.1 Å². The summed E-state index contributed by atoms with van der Waals surface area (Å²) >= 11 is 3.23. The fraction of sp³-hybridized carbons (Fsp3) is 0.600. The molecule has 0 bridgehead atoms. The van der Waals surface area contributed by atoms with Crippen LogP contribution in [0.5, 0.6) is 0 Å². The monoisotopic (exact) mass is 328 g/mol. The van der Waals surface area contributed by atoms with Gasteiger partial charge >= 0.3 is 0 Å². The zero-order valence-corrected chi connectivity index (χ0v) is 13.4. The van der Waals surface area contributed by atoms with E-state index in [-0.39, 0.29) is 17.3 Å². The van der Waals surface area contributed by atoms with Crippen molar-refractivity contribution in [1.82, 2.24) is 10.2 Å². The van der Waals surface area contributed by atoms with Crippen molar-refractivity contribution in [1.29, 1.82) is 0 Å². The van der Waals surface area contributed by atoms with Crippen molar-refractivity contribution >= 4 is 15.9 Å². The maximum atomic E-state index is 13.8. The van der Waals surface area contributed by atoms with E-state index < -0.39 is 0 Å². The van der Waals surface area contributed by atoms with Crippen molar-refractivity contribution in [2.45, 2.75) is 26.8 Å². The SMILES string of the molecule is CC(C)(C)[C@H](c1ccc(Br)c(F)c1)N1CCNCC1. The molecule has 0 unspecified atom stereocenters. The first-order chi connectivity index (χ1) is 8.89. The fourth-order valence-corrected chi connectivity index (χ4v) is 3.13. The van der Waals surface area contributed by atoms with Crippen LogP contribution in [0.3, 0.4) is 0 Å². The highest BCUT2D eigenvalue weighted by atomic mass is 79.9. The first-order valence-corrected chi connectivity index (χ1v) is 7.58. The number of benzene rings is 1. The molecular weight excluding hydrogens is 307 g/mol. The topological polar surface area (TPSA) is 15.3 Å². The van der Waals surface area contributed by atoms with Crippen molar-refractivity contribution in [3.63, 3.8) is 0 Å². The lowest BCUT2D eigenvalue weighted by molar-refractivity contribution is 0.0860. The number of piperazine rings is 1. The second-order valence-electron chi connectivity index (χ2n) is 6.23. The third kappa shape index (κ3) is 3.56. The summed E-state index contributed by atoms with van der Waals surface area (Å²) in [5.41, 5.74) is 1.15. The normalized spacial score (nSPS) is 19.4. The third-order valence-corrected chi connectivity index (χ3v) is 4.24. The molecule has 1 heterocycles. The number of halogens is 2. The Morgan fingerprint density at radius 3 is 2.42 bits per heavy atom. The molecule has 4 heteroatoms. The summed E-state index contributed by atoms with van der Waals surface area (Å²) in [5.74, 6) is -0.179. The molecule has 1 atom stereocenters. The van der Waals surface area contributed by atoms with Crippen LogP contribution in [0.2, 0.25) is 0 Å². The van der Waals surface area contributed by atoms with E-state index in [9.17, 15) is 4.39 Å². The molecule has 1 fully saturated rings. The van der Waals surface area contributed by atoms with Crippen LogP contribution in [0, 0.1) is 11.2 Å². The average molecular weight is 329 g/mol. The molecule has 1 N–H and O–H groups in total. The summed E-state index contributed by atoms with van der Waals surface area (Å²) in [6, 6.07) is 5.76. The van der Waals surface area contributed by atoms with Crippen LogP contribution < -0.4 is 5.32 Å². The molecule has 0 aliphatic carbocycles. The lowest BCUT2D eigenvalue weighted by Gasteiger charge is -2.42. The van der Waals surface area contributed by atoms with Gasteiger partial charge in [-0.3, -0.25) is 4.90 Å². The molecular formula is C15H22BrFN2. The first kappa shape index (κ1) is 14.9. The predicted molar refractivity (Wildman–Crippen MR) is 80.7 cm³/mol. The number of hydrogen-bond donors (Lipinski definition) is 1. The standard InChI is InChI=1S/C15H22BrFN2/c1-15(2,3)14(19-8-6-18-7-9-19)11-4-5-12(16)13(17)10-11/h4-5,10,14,18H,6-9H2,1-3H3/t14-/m0/s1. The highest BCUT2D eigenvalue weighted by Gasteiger charge is 2.32. The van der Waals surface area contributed by atoms with Crippen LogP contribution in [-0.4, -0.2) is 31.1 Å². The Balaban J connectivity index is 2.33. The summed E-state index contributed by atoms with van der Waals surface area (Å²) in [4.78, 5) is 2.46. The molecule has 1 aromatic carbocycles. The summed E-state index contributed by atoms with van der Waals surface area (Å²) < 4.78 is 14.3. The minimum Gasteiger partial charge on any atom is -0.314 e. The summed E-state index contributed by atoms with van der Waals surface area (Å²) in [6.45, 7) is 10.7. The summed E-state index contributed by atoms with van der Waals surface area (Å²) in [6.07, 6.45) is 0. The van der Waals surface area contributed by atoms with E-state index in [1.807, 2.05) is 12.1 Å². The van der Waals surface area contributed by atoms with Crippen LogP contribution in [0.15, 0.2) is 22.7 Å². The van der Waals surface area contributed by atoms with Gasteiger partial charge in [-0.15, -0.1) is 0 Å². The van der Waals surface area contributed by atoms with Gasteiger partial charge in [-0.1, -0.05) is 26.8 Å². The van der Waals surface area contributed by atoms with Gasteiger partial charge in [-0.25, -0.2) is 4.39 Å². The lowest BCUT2D eigenvalue weighted by atomic mass is 9.81. The Bertz CT molecular complexity index is 436. The summed E-state index contributed by atoms with van der Waals surface area (Å²) in [7, 11) is 0. The molecule has 0 aromatic heterocycles. The van der Waals surface area contributed by atoms with Crippen LogP contribution in [0.25, 0.3) is 0 Å². The lowest BCUT2D eigenvalue weighted by Crippen LogP contribution is -2.48. The highest BCUT2D eigenvalue weighted by molar-refractivity contribution is 9.10. The van der Waals surface area contributed by atoms with Crippen LogP contribution in [-0.2, 0) is 0 Å². The van der Waals surface area contributed by atoms with E-state index in [4.69, 9.17) is 0 Å².